The van der Waals surface area contributed by atoms with Crippen molar-refractivity contribution >= 4 is 23.2 Å². The molecule has 0 atom stereocenters. The first-order chi connectivity index (χ1) is 8.00. The second-order valence-electron chi connectivity index (χ2n) is 3.89. The third-order valence-corrected chi connectivity index (χ3v) is 3.24. The van der Waals surface area contributed by atoms with E-state index < -0.39 is 0 Å². The molecule has 0 unspecified atom stereocenters. The van der Waals surface area contributed by atoms with Crippen LogP contribution in [0.25, 0.3) is 11.3 Å². The molecule has 2 rings (SSSR count). The smallest absolute Gasteiger partial charge is 0.269 e. The largest absolute Gasteiger partial charge is 0.310 e. The lowest BCUT2D eigenvalue weighted by molar-refractivity contribution is 0.870. The van der Waals surface area contributed by atoms with Gasteiger partial charge in [-0.1, -0.05) is 29.3 Å². The van der Waals surface area contributed by atoms with E-state index in [4.69, 9.17) is 23.2 Å². The van der Waals surface area contributed by atoms with Gasteiger partial charge in [-0.15, -0.1) is 0 Å². The van der Waals surface area contributed by atoms with Crippen molar-refractivity contribution in [3.8, 4) is 11.3 Å². The Morgan fingerprint density at radius 2 is 1.82 bits per heavy atom. The summed E-state index contributed by atoms with van der Waals surface area (Å²) in [6.45, 7) is 1.96. The zero-order valence-corrected chi connectivity index (χ0v) is 11.0. The summed E-state index contributed by atoms with van der Waals surface area (Å²) in [5.41, 5.74) is 2.63. The lowest BCUT2D eigenvalue weighted by Crippen LogP contribution is -2.18. The van der Waals surface area contributed by atoms with Crippen LogP contribution in [0.2, 0.25) is 10.0 Å². The molecule has 4 heteroatoms. The topological polar surface area (TPSA) is 22.0 Å². The van der Waals surface area contributed by atoms with Crippen molar-refractivity contribution in [3.05, 3.63) is 56.3 Å². The van der Waals surface area contributed by atoms with Gasteiger partial charge in [0.25, 0.3) is 5.56 Å². The quantitative estimate of drug-likeness (QED) is 0.773. The van der Waals surface area contributed by atoms with Crippen LogP contribution in [0.4, 0.5) is 0 Å². The van der Waals surface area contributed by atoms with Crippen LogP contribution in [0.15, 0.2) is 35.1 Å². The maximum atomic E-state index is 11.7. The Morgan fingerprint density at radius 3 is 2.47 bits per heavy atom. The summed E-state index contributed by atoms with van der Waals surface area (Å²) in [6.07, 6.45) is 0. The van der Waals surface area contributed by atoms with Crippen molar-refractivity contribution in [1.29, 1.82) is 0 Å². The summed E-state index contributed by atoms with van der Waals surface area (Å²) in [5, 5.41) is 0.910. The first kappa shape index (κ1) is 12.2. The molecule has 0 amide bonds. The maximum Gasteiger partial charge on any atom is 0.269 e. The fourth-order valence-electron chi connectivity index (χ4n) is 1.79. The molecule has 0 bridgehead atoms. The molecule has 0 saturated heterocycles. The van der Waals surface area contributed by atoms with Gasteiger partial charge in [0.1, 0.15) is 5.02 Å². The fraction of sp³-hybridized carbons (Fsp3) is 0.154. The van der Waals surface area contributed by atoms with Crippen molar-refractivity contribution in [2.75, 3.05) is 0 Å². The van der Waals surface area contributed by atoms with Crippen LogP contribution in [-0.4, -0.2) is 4.57 Å². The molecule has 0 fully saturated rings. The monoisotopic (exact) mass is 267 g/mol. The van der Waals surface area contributed by atoms with Crippen LogP contribution in [0.5, 0.6) is 0 Å². The molecule has 0 saturated carbocycles. The second-order valence-corrected chi connectivity index (χ2v) is 4.73. The van der Waals surface area contributed by atoms with Gasteiger partial charge in [0.15, 0.2) is 0 Å². The van der Waals surface area contributed by atoms with Crippen molar-refractivity contribution < 1.29 is 0 Å². The zero-order valence-electron chi connectivity index (χ0n) is 9.50. The molecule has 1 heterocycles. The number of aryl methyl sites for hydroxylation is 1. The normalized spacial score (nSPS) is 10.6. The summed E-state index contributed by atoms with van der Waals surface area (Å²) < 4.78 is 1.54. The minimum atomic E-state index is -0.196. The minimum Gasteiger partial charge on any atom is -0.310 e. The highest BCUT2D eigenvalue weighted by molar-refractivity contribution is 6.31. The van der Waals surface area contributed by atoms with Gasteiger partial charge >= 0.3 is 0 Å². The first-order valence-corrected chi connectivity index (χ1v) is 5.88. The lowest BCUT2D eigenvalue weighted by Gasteiger charge is -2.11. The Morgan fingerprint density at radius 1 is 1.12 bits per heavy atom. The molecule has 0 spiro atoms. The standard InChI is InChI=1S/C13H11Cl2NO/c1-8-7-9(14)3-4-10(8)12-6-5-11(15)13(17)16(12)2/h3-7H,1-2H3. The summed E-state index contributed by atoms with van der Waals surface area (Å²) in [4.78, 5) is 11.7. The van der Waals surface area contributed by atoms with Gasteiger partial charge < -0.3 is 4.57 Å². The zero-order chi connectivity index (χ0) is 12.6. The molecule has 1 aromatic heterocycles. The average Bonchev–Trinajstić information content (AvgIpc) is 2.28. The third kappa shape index (κ3) is 2.24. The Bertz CT molecular complexity index is 632. The first-order valence-electron chi connectivity index (χ1n) is 5.13. The predicted molar refractivity (Wildman–Crippen MR) is 71.9 cm³/mol. The Hall–Kier alpha value is -1.25. The van der Waals surface area contributed by atoms with E-state index in [2.05, 4.69) is 0 Å². The van der Waals surface area contributed by atoms with Crippen molar-refractivity contribution in [1.82, 2.24) is 4.57 Å². The van der Waals surface area contributed by atoms with Gasteiger partial charge in [0.2, 0.25) is 0 Å². The highest BCUT2D eigenvalue weighted by Crippen LogP contribution is 2.25. The number of hydrogen-bond donors (Lipinski definition) is 0. The highest BCUT2D eigenvalue weighted by atomic mass is 35.5. The van der Waals surface area contributed by atoms with Gasteiger partial charge in [-0.2, -0.15) is 0 Å². The molecule has 0 aliphatic carbocycles. The SMILES string of the molecule is Cc1cc(Cl)ccc1-c1ccc(Cl)c(=O)n1C. The summed E-state index contributed by atoms with van der Waals surface area (Å²) >= 11 is 11.7. The molecular weight excluding hydrogens is 257 g/mol. The molecule has 17 heavy (non-hydrogen) atoms. The number of rotatable bonds is 1. The Kier molecular flexibility index (Phi) is 3.27. The van der Waals surface area contributed by atoms with Gasteiger partial charge in [-0.05, 0) is 36.8 Å². The minimum absolute atomic E-state index is 0.196. The molecule has 0 radical (unpaired) electrons. The van der Waals surface area contributed by atoms with E-state index in [1.165, 1.54) is 0 Å². The van der Waals surface area contributed by atoms with E-state index in [0.29, 0.717) is 5.02 Å². The van der Waals surface area contributed by atoms with Crippen molar-refractivity contribution in [2.24, 2.45) is 7.05 Å². The van der Waals surface area contributed by atoms with Gasteiger partial charge in [0.05, 0.1) is 5.69 Å². The maximum absolute atomic E-state index is 11.7. The van der Waals surface area contributed by atoms with Crippen LogP contribution in [0.1, 0.15) is 5.56 Å². The lowest BCUT2D eigenvalue weighted by atomic mass is 10.1. The van der Waals surface area contributed by atoms with E-state index in [-0.39, 0.29) is 10.6 Å². The van der Waals surface area contributed by atoms with E-state index in [0.717, 1.165) is 16.8 Å². The summed E-state index contributed by atoms with van der Waals surface area (Å²) in [7, 11) is 1.71. The summed E-state index contributed by atoms with van der Waals surface area (Å²) in [6, 6.07) is 9.03. The molecule has 2 nitrogen and oxygen atoms in total. The highest BCUT2D eigenvalue weighted by Gasteiger charge is 2.08. The van der Waals surface area contributed by atoms with Crippen molar-refractivity contribution in [2.45, 2.75) is 6.92 Å². The molecule has 1 aromatic carbocycles. The van der Waals surface area contributed by atoms with Gasteiger partial charge in [0, 0.05) is 17.6 Å². The van der Waals surface area contributed by atoms with Gasteiger partial charge in [-0.3, -0.25) is 4.79 Å². The molecular formula is C13H11Cl2NO. The van der Waals surface area contributed by atoms with Gasteiger partial charge in [-0.25, -0.2) is 0 Å². The average molecular weight is 268 g/mol. The Labute approximate surface area is 109 Å². The van der Waals surface area contributed by atoms with E-state index >= 15 is 0 Å². The number of nitrogens with zero attached hydrogens (tertiary/aromatic N) is 1. The van der Waals surface area contributed by atoms with Crippen LogP contribution in [-0.2, 0) is 7.05 Å². The molecule has 0 aliphatic heterocycles. The molecule has 0 aliphatic rings. The third-order valence-electron chi connectivity index (χ3n) is 2.72. The van der Waals surface area contributed by atoms with Crippen LogP contribution >= 0.6 is 23.2 Å². The molecule has 2 aromatic rings. The van der Waals surface area contributed by atoms with Crippen LogP contribution < -0.4 is 5.56 Å². The number of hydrogen-bond acceptors (Lipinski definition) is 1. The number of pyridine rings is 1. The number of halogens is 2. The van der Waals surface area contributed by atoms with Crippen LogP contribution in [0, 0.1) is 6.92 Å². The van der Waals surface area contributed by atoms with E-state index in [1.54, 1.807) is 17.7 Å². The number of benzene rings is 1. The van der Waals surface area contributed by atoms with Crippen LogP contribution in [0.3, 0.4) is 0 Å². The van der Waals surface area contributed by atoms with E-state index in [1.807, 2.05) is 31.2 Å². The van der Waals surface area contributed by atoms with Crippen molar-refractivity contribution in [3.63, 3.8) is 0 Å². The number of aromatic nitrogens is 1. The fourth-order valence-corrected chi connectivity index (χ4v) is 2.21. The summed E-state index contributed by atoms with van der Waals surface area (Å²) in [5.74, 6) is 0. The van der Waals surface area contributed by atoms with E-state index in [9.17, 15) is 4.79 Å². The second kappa shape index (κ2) is 4.55. The molecule has 88 valence electrons. The molecule has 0 N–H and O–H groups in total. The Balaban J connectivity index is 2.69. The predicted octanol–water partition coefficient (Wildman–Crippen LogP) is 3.67.